The first-order chi connectivity index (χ1) is 11.3. The van der Waals surface area contributed by atoms with Crippen LogP contribution in [-0.4, -0.2) is 81.2 Å². The minimum atomic E-state index is -3.38. The zero-order chi connectivity index (χ0) is 18.6. The molecular weight excluding hydrogens is 360 g/mol. The number of carbonyl (C=O) groups excluding carboxylic acids is 1. The van der Waals surface area contributed by atoms with Crippen LogP contribution in [-0.2, 0) is 22.9 Å². The van der Waals surface area contributed by atoms with Crippen molar-refractivity contribution in [2.45, 2.75) is 12.8 Å². The molecule has 10 nitrogen and oxygen atoms in total. The van der Waals surface area contributed by atoms with Crippen LogP contribution in [0.2, 0.25) is 0 Å². The fraction of sp³-hybridized carbons (Fsp3) is 0.917. The summed E-state index contributed by atoms with van der Waals surface area (Å²) < 4.78 is 20.3. The third-order valence-electron chi connectivity index (χ3n) is 3.47. The molecule has 0 aromatic heterocycles. The fourth-order valence-electron chi connectivity index (χ4n) is 1.97. The van der Waals surface area contributed by atoms with Crippen molar-refractivity contribution >= 4 is 21.8 Å². The molecule has 0 aliphatic carbocycles. The predicted molar refractivity (Wildman–Crippen MR) is 96.8 cm³/mol. The Morgan fingerprint density at radius 2 is 1.50 bits per heavy atom. The van der Waals surface area contributed by atoms with E-state index in [4.69, 9.17) is 23.8 Å². The molecule has 0 saturated carbocycles. The summed E-state index contributed by atoms with van der Waals surface area (Å²) in [4.78, 5) is 33.9. The van der Waals surface area contributed by atoms with E-state index in [1.54, 1.807) is 4.90 Å². The van der Waals surface area contributed by atoms with Gasteiger partial charge in [-0.3, -0.25) is 0 Å². The van der Waals surface area contributed by atoms with Crippen LogP contribution in [0.1, 0.15) is 12.8 Å². The quantitative estimate of drug-likeness (QED) is 0.291. The van der Waals surface area contributed by atoms with Gasteiger partial charge in [0, 0.05) is 0 Å². The summed E-state index contributed by atoms with van der Waals surface area (Å²) in [7, 11) is -1.29. The zero-order valence-corrected chi connectivity index (χ0v) is 16.9. The zero-order valence-electron chi connectivity index (χ0n) is 14.9. The van der Waals surface area contributed by atoms with Crippen LogP contribution in [0, 0.1) is 0 Å². The molecule has 0 aliphatic rings. The summed E-state index contributed by atoms with van der Waals surface area (Å²) in [6, 6.07) is 0. The van der Waals surface area contributed by atoms with E-state index >= 15 is 0 Å². The Kier molecular flexibility index (Phi) is 12.4. The van der Waals surface area contributed by atoms with Crippen molar-refractivity contribution in [2.75, 3.05) is 60.6 Å². The van der Waals surface area contributed by atoms with Crippen molar-refractivity contribution in [1.29, 1.82) is 0 Å². The van der Waals surface area contributed by atoms with Crippen molar-refractivity contribution in [2.24, 2.45) is 5.73 Å². The number of amides is 1. The molecular formula is C12H33N3O7P2. The van der Waals surface area contributed by atoms with E-state index in [1.165, 1.54) is 28.4 Å². The molecule has 0 radical (unpaired) electrons. The van der Waals surface area contributed by atoms with Gasteiger partial charge < -0.3 is 0 Å². The number of carbonyl (C=O) groups is 1. The maximum atomic E-state index is 11.6. The van der Waals surface area contributed by atoms with Gasteiger partial charge in [0.15, 0.2) is 0 Å². The van der Waals surface area contributed by atoms with Gasteiger partial charge in [0.05, 0.1) is 0 Å². The Hall–Kier alpha value is 0.0100. The topological polar surface area (TPSA) is 136 Å². The van der Waals surface area contributed by atoms with E-state index in [-0.39, 0.29) is 18.5 Å². The molecule has 0 aromatic rings. The Morgan fingerprint density at radius 3 is 1.88 bits per heavy atom. The van der Waals surface area contributed by atoms with Crippen LogP contribution >= 0.6 is 15.9 Å². The molecule has 0 unspecified atom stereocenters. The Labute approximate surface area is 144 Å². The maximum absolute atomic E-state index is 11.6. The van der Waals surface area contributed by atoms with Gasteiger partial charge in [0.25, 0.3) is 0 Å². The Morgan fingerprint density at radius 1 is 1.04 bits per heavy atom. The molecule has 0 spiro atoms. The Bertz CT molecular complexity index is 338. The van der Waals surface area contributed by atoms with Crippen molar-refractivity contribution in [3.05, 3.63) is 0 Å². The summed E-state index contributed by atoms with van der Waals surface area (Å²) in [5.74, 6) is -0.0996. The molecule has 0 rings (SSSR count). The summed E-state index contributed by atoms with van der Waals surface area (Å²) in [5, 5.41) is 2.68. The molecule has 24 heavy (non-hydrogen) atoms. The van der Waals surface area contributed by atoms with Gasteiger partial charge in [0.1, 0.15) is 0 Å². The molecule has 0 aromatic carbocycles. The summed E-state index contributed by atoms with van der Waals surface area (Å²) in [5.41, 5.74) is 5.33. The number of rotatable bonds is 14. The molecule has 5 N–H and O–H groups in total. The van der Waals surface area contributed by atoms with Crippen LogP contribution in [0.15, 0.2) is 0 Å². The molecule has 0 bridgehead atoms. The van der Waals surface area contributed by atoms with E-state index in [9.17, 15) is 14.6 Å². The van der Waals surface area contributed by atoms with Gasteiger partial charge in [-0.15, -0.1) is 0 Å². The first-order valence-corrected chi connectivity index (χ1v) is 11.6. The minimum absolute atomic E-state index is 0.0897. The van der Waals surface area contributed by atoms with E-state index in [1.807, 2.05) is 0 Å². The second-order valence-corrected chi connectivity index (χ2v) is 10.3. The second kappa shape index (κ2) is 12.4. The number of hydrogen-bond donors (Lipinski definition) is 4. The number of nitrogens with one attached hydrogen (secondary N) is 1. The summed E-state index contributed by atoms with van der Waals surface area (Å²) in [6.07, 6.45) is 1.00. The molecule has 0 heterocycles. The summed E-state index contributed by atoms with van der Waals surface area (Å²) >= 11 is 0. The third-order valence-corrected chi connectivity index (χ3v) is 7.71. The first-order valence-electron chi connectivity index (χ1n) is 7.62. The second-order valence-electron chi connectivity index (χ2n) is 5.19. The third kappa shape index (κ3) is 9.48. The van der Waals surface area contributed by atoms with Gasteiger partial charge >= 0.3 is 144 Å². The molecule has 148 valence electrons. The average molecular weight is 393 g/mol. The summed E-state index contributed by atoms with van der Waals surface area (Å²) in [6.45, 7) is 1.25. The predicted octanol–water partition coefficient (Wildman–Crippen LogP) is -0.381. The van der Waals surface area contributed by atoms with Crippen LogP contribution in [0.3, 0.4) is 0 Å². The number of nitrogens with zero attached hydrogens (tertiary/aromatic N) is 1. The monoisotopic (exact) mass is 393 g/mol. The van der Waals surface area contributed by atoms with Gasteiger partial charge in [-0.05, 0) is 0 Å². The molecule has 0 saturated heterocycles. The van der Waals surface area contributed by atoms with Crippen molar-refractivity contribution in [3.8, 4) is 0 Å². The van der Waals surface area contributed by atoms with E-state index < -0.39 is 15.9 Å². The van der Waals surface area contributed by atoms with Crippen molar-refractivity contribution < 1.29 is 32.7 Å². The van der Waals surface area contributed by atoms with Gasteiger partial charge in [-0.1, -0.05) is 0 Å². The van der Waals surface area contributed by atoms with E-state index in [2.05, 4.69) is 5.32 Å². The number of nitrogens with two attached hydrogens (primary N) is 1. The fourth-order valence-corrected chi connectivity index (χ4v) is 4.71. The van der Waals surface area contributed by atoms with Gasteiger partial charge in [0.2, 0.25) is 0 Å². The van der Waals surface area contributed by atoms with E-state index in [0.29, 0.717) is 32.5 Å². The van der Waals surface area contributed by atoms with Gasteiger partial charge in [-0.2, -0.15) is 0 Å². The Balaban J connectivity index is 4.71. The normalized spacial score (nSPS) is 14.0. The molecule has 0 fully saturated rings. The van der Waals surface area contributed by atoms with Crippen molar-refractivity contribution in [3.63, 3.8) is 0 Å². The van der Waals surface area contributed by atoms with Crippen LogP contribution in [0.4, 0.5) is 0 Å². The average Bonchev–Trinajstić information content (AvgIpc) is 2.59. The first kappa shape index (κ1) is 24.0. The van der Waals surface area contributed by atoms with Gasteiger partial charge in [-0.25, -0.2) is 0 Å². The molecule has 12 heteroatoms. The molecule has 0 aliphatic heterocycles. The molecule has 1 amide bonds. The SMILES string of the molecule is CO[PH](O)(CN(CCCC(=O)NCCN)C[PH](O)(OC)OC)OC. The standard InChI is InChI=1S/C12H33N3O7P2/c1-19-23(17,20-2)10-15(11-24(18,21-3)22-4)9-5-6-12(16)14-8-7-13/h17-18,23-24H,5-11,13H2,1-4H3,(H,14,16). The van der Waals surface area contributed by atoms with Crippen LogP contribution in [0.5, 0.6) is 0 Å². The van der Waals surface area contributed by atoms with Crippen molar-refractivity contribution in [1.82, 2.24) is 10.2 Å². The van der Waals surface area contributed by atoms with Crippen LogP contribution < -0.4 is 11.1 Å². The number of hydrogen-bond acceptors (Lipinski definition) is 9. The van der Waals surface area contributed by atoms with E-state index in [0.717, 1.165) is 0 Å². The van der Waals surface area contributed by atoms with Crippen LogP contribution in [0.25, 0.3) is 0 Å². The molecule has 0 atom stereocenters.